The minimum absolute atomic E-state index is 0.444. The maximum Gasteiger partial charge on any atom is 0.0613 e. The molecule has 1 heteroatoms. The lowest BCUT2D eigenvalue weighted by Crippen LogP contribution is -1.97. The van der Waals surface area contributed by atoms with E-state index in [0.717, 1.165) is 0 Å². The lowest BCUT2D eigenvalue weighted by atomic mass is 9.98. The van der Waals surface area contributed by atoms with Crippen LogP contribution in [0.4, 0.5) is 0 Å². The summed E-state index contributed by atoms with van der Waals surface area (Å²) in [5, 5.41) is 0. The number of rotatable bonds is 2. The van der Waals surface area contributed by atoms with E-state index in [9.17, 15) is 0 Å². The van der Waals surface area contributed by atoms with Gasteiger partial charge in [-0.05, 0) is 36.1 Å². The van der Waals surface area contributed by atoms with Crippen LogP contribution in [0.5, 0.6) is 0 Å². The molecule has 0 aliphatic carbocycles. The van der Waals surface area contributed by atoms with Crippen molar-refractivity contribution in [1.29, 1.82) is 0 Å². The molecule has 0 amide bonds. The molecule has 0 heterocycles. The molecule has 0 radical (unpaired) electrons. The number of hydrogen-bond acceptors (Lipinski definition) is 0. The monoisotopic (exact) mass is 322 g/mol. The Labute approximate surface area is 111 Å². The average molecular weight is 322 g/mol. The average Bonchev–Trinajstić information content (AvgIpc) is 2.29. The topological polar surface area (TPSA) is 0 Å². The van der Waals surface area contributed by atoms with Crippen LogP contribution in [0.1, 0.15) is 26.2 Å². The van der Waals surface area contributed by atoms with Gasteiger partial charge in [-0.2, -0.15) is 0 Å². The summed E-state index contributed by atoms with van der Waals surface area (Å²) in [7, 11) is 0. The minimum Gasteiger partial charge on any atom is -0.0722 e. The van der Waals surface area contributed by atoms with Crippen molar-refractivity contribution in [2.75, 3.05) is 0 Å². The molecule has 0 aliphatic rings. The molecule has 0 unspecified atom stereocenters. The van der Waals surface area contributed by atoms with Crippen LogP contribution < -0.4 is 0 Å². The van der Waals surface area contributed by atoms with Crippen molar-refractivity contribution in [3.63, 3.8) is 0 Å². The molecule has 0 nitrogen and oxygen atoms in total. The first-order chi connectivity index (χ1) is 7.70. The molecule has 2 aromatic carbocycles. The summed E-state index contributed by atoms with van der Waals surface area (Å²) < 4.78 is 0.444. The first-order valence-electron chi connectivity index (χ1n) is 5.45. The van der Waals surface area contributed by atoms with E-state index < -0.39 is 0 Å². The quantitative estimate of drug-likeness (QED) is 0.549. The van der Waals surface area contributed by atoms with Gasteiger partial charge in [0.15, 0.2) is 0 Å². The highest BCUT2D eigenvalue weighted by Gasteiger charge is 2.13. The molecule has 2 rings (SSSR count). The normalized spacial score (nSPS) is 10.8. The standard InChI is InChI=1S/C15H15I/c1-11-7-3-5-9-13(11)15(16)14-10-6-4-8-12(14)2/h3-10,15H,1-2H3. The molecule has 0 spiro atoms. The molecular formula is C15H15I. The Morgan fingerprint density at radius 2 is 1.12 bits per heavy atom. The van der Waals surface area contributed by atoms with Crippen LogP contribution in [0, 0.1) is 13.8 Å². The second kappa shape index (κ2) is 5.00. The number of alkyl halides is 1. The fourth-order valence-corrected chi connectivity index (χ4v) is 3.31. The fourth-order valence-electron chi connectivity index (χ4n) is 1.91. The number of benzene rings is 2. The summed E-state index contributed by atoms with van der Waals surface area (Å²) in [5.74, 6) is 0. The van der Waals surface area contributed by atoms with Crippen LogP contribution in [-0.4, -0.2) is 0 Å². The predicted molar refractivity (Wildman–Crippen MR) is 78.2 cm³/mol. The molecule has 0 fully saturated rings. The van der Waals surface area contributed by atoms with Crippen molar-refractivity contribution >= 4 is 22.6 Å². The molecular weight excluding hydrogens is 307 g/mol. The maximum atomic E-state index is 2.52. The molecule has 0 aromatic heterocycles. The van der Waals surface area contributed by atoms with E-state index in [0.29, 0.717) is 3.92 Å². The molecule has 0 atom stereocenters. The van der Waals surface area contributed by atoms with Crippen molar-refractivity contribution in [3.8, 4) is 0 Å². The van der Waals surface area contributed by atoms with Crippen LogP contribution in [0.3, 0.4) is 0 Å². The van der Waals surface area contributed by atoms with Crippen molar-refractivity contribution < 1.29 is 0 Å². The zero-order valence-electron chi connectivity index (χ0n) is 9.57. The van der Waals surface area contributed by atoms with E-state index in [4.69, 9.17) is 0 Å². The van der Waals surface area contributed by atoms with E-state index in [1.807, 2.05) is 0 Å². The molecule has 16 heavy (non-hydrogen) atoms. The van der Waals surface area contributed by atoms with Gasteiger partial charge in [-0.25, -0.2) is 0 Å². The van der Waals surface area contributed by atoms with E-state index in [-0.39, 0.29) is 0 Å². The zero-order valence-corrected chi connectivity index (χ0v) is 11.7. The molecule has 0 saturated heterocycles. The van der Waals surface area contributed by atoms with Crippen molar-refractivity contribution in [2.24, 2.45) is 0 Å². The Balaban J connectivity index is 2.44. The Kier molecular flexibility index (Phi) is 3.64. The lowest BCUT2D eigenvalue weighted by Gasteiger charge is -2.15. The van der Waals surface area contributed by atoms with Gasteiger partial charge in [0, 0.05) is 0 Å². The van der Waals surface area contributed by atoms with Gasteiger partial charge in [-0.3, -0.25) is 0 Å². The van der Waals surface area contributed by atoms with E-state index in [1.54, 1.807) is 0 Å². The number of halogens is 1. The van der Waals surface area contributed by atoms with Crippen molar-refractivity contribution in [1.82, 2.24) is 0 Å². The SMILES string of the molecule is Cc1ccccc1C(I)c1ccccc1C. The second-order valence-electron chi connectivity index (χ2n) is 4.08. The smallest absolute Gasteiger partial charge is 0.0613 e. The van der Waals surface area contributed by atoms with Gasteiger partial charge in [-0.1, -0.05) is 71.1 Å². The van der Waals surface area contributed by atoms with Gasteiger partial charge in [0.05, 0.1) is 3.92 Å². The number of hydrogen-bond donors (Lipinski definition) is 0. The molecule has 0 saturated carbocycles. The summed E-state index contributed by atoms with van der Waals surface area (Å²) in [6.07, 6.45) is 0. The molecule has 0 aliphatic heterocycles. The van der Waals surface area contributed by atoms with Crippen molar-refractivity contribution in [2.45, 2.75) is 17.8 Å². The van der Waals surface area contributed by atoms with E-state index in [1.165, 1.54) is 22.3 Å². The summed E-state index contributed by atoms with van der Waals surface area (Å²) in [6, 6.07) is 17.2. The highest BCUT2D eigenvalue weighted by molar-refractivity contribution is 14.1. The van der Waals surface area contributed by atoms with E-state index >= 15 is 0 Å². The van der Waals surface area contributed by atoms with E-state index in [2.05, 4.69) is 85.0 Å². The summed E-state index contributed by atoms with van der Waals surface area (Å²) in [4.78, 5) is 0. The minimum atomic E-state index is 0.444. The molecule has 0 N–H and O–H groups in total. The molecule has 2 aromatic rings. The Bertz CT molecular complexity index is 443. The molecule has 0 bridgehead atoms. The van der Waals surface area contributed by atoms with Gasteiger partial charge >= 0.3 is 0 Å². The van der Waals surface area contributed by atoms with Crippen LogP contribution in [0.15, 0.2) is 48.5 Å². The predicted octanol–water partition coefficient (Wildman–Crippen LogP) is 4.83. The summed E-state index contributed by atoms with van der Waals surface area (Å²) in [5.41, 5.74) is 5.56. The Morgan fingerprint density at radius 3 is 1.50 bits per heavy atom. The van der Waals surface area contributed by atoms with Crippen LogP contribution in [0.2, 0.25) is 0 Å². The van der Waals surface area contributed by atoms with Crippen LogP contribution in [-0.2, 0) is 0 Å². The first-order valence-corrected chi connectivity index (χ1v) is 6.70. The third-order valence-electron chi connectivity index (χ3n) is 2.92. The summed E-state index contributed by atoms with van der Waals surface area (Å²) in [6.45, 7) is 4.36. The third kappa shape index (κ3) is 2.29. The van der Waals surface area contributed by atoms with Gasteiger partial charge in [0.2, 0.25) is 0 Å². The highest BCUT2D eigenvalue weighted by atomic mass is 127. The molecule has 82 valence electrons. The van der Waals surface area contributed by atoms with Crippen LogP contribution >= 0.6 is 22.6 Å². The second-order valence-corrected chi connectivity index (χ2v) is 5.32. The van der Waals surface area contributed by atoms with Gasteiger partial charge in [-0.15, -0.1) is 0 Å². The lowest BCUT2D eigenvalue weighted by molar-refractivity contribution is 1.13. The Hall–Kier alpha value is -0.830. The number of aryl methyl sites for hydroxylation is 2. The van der Waals surface area contributed by atoms with Crippen LogP contribution in [0.25, 0.3) is 0 Å². The highest BCUT2D eigenvalue weighted by Crippen LogP contribution is 2.34. The Morgan fingerprint density at radius 1 is 0.750 bits per heavy atom. The summed E-state index contributed by atoms with van der Waals surface area (Å²) >= 11 is 2.52. The zero-order chi connectivity index (χ0) is 11.5. The third-order valence-corrected chi connectivity index (χ3v) is 4.27. The first kappa shape index (κ1) is 11.6. The van der Waals surface area contributed by atoms with Gasteiger partial charge < -0.3 is 0 Å². The largest absolute Gasteiger partial charge is 0.0722 e. The fraction of sp³-hybridized carbons (Fsp3) is 0.200. The van der Waals surface area contributed by atoms with Gasteiger partial charge in [0.1, 0.15) is 0 Å². The van der Waals surface area contributed by atoms with Crippen molar-refractivity contribution in [3.05, 3.63) is 70.8 Å². The van der Waals surface area contributed by atoms with Gasteiger partial charge in [0.25, 0.3) is 0 Å². The maximum absolute atomic E-state index is 2.52.